The second-order valence-electron chi connectivity index (χ2n) is 7.24. The first-order valence-electron chi connectivity index (χ1n) is 8.42. The number of H-pyrrole nitrogens is 1. The summed E-state index contributed by atoms with van der Waals surface area (Å²) < 4.78 is 26.1. The van der Waals surface area contributed by atoms with Crippen LogP contribution < -0.4 is 9.62 Å². The largest absolute Gasteiger partial charge is 0.356 e. The number of aromatic amines is 1. The first-order chi connectivity index (χ1) is 11.4. The van der Waals surface area contributed by atoms with Gasteiger partial charge in [0.05, 0.1) is 11.1 Å². The van der Waals surface area contributed by atoms with Gasteiger partial charge >= 0.3 is 0 Å². The monoisotopic (exact) mass is 349 g/mol. The van der Waals surface area contributed by atoms with Gasteiger partial charge in [0, 0.05) is 25.3 Å². The molecule has 7 nitrogen and oxygen atoms in total. The SMILES string of the molecule is CCS(=O)(=O)NC1CC2(C1)CC(N(C)c1ncnc3[nH]ccc13)C2. The average molecular weight is 349 g/mol. The molecule has 0 aromatic carbocycles. The van der Waals surface area contributed by atoms with Gasteiger partial charge in [-0.3, -0.25) is 0 Å². The summed E-state index contributed by atoms with van der Waals surface area (Å²) in [7, 11) is -1.000. The summed E-state index contributed by atoms with van der Waals surface area (Å²) in [4.78, 5) is 14.0. The third-order valence-electron chi connectivity index (χ3n) is 5.64. The van der Waals surface area contributed by atoms with Crippen LogP contribution in [-0.2, 0) is 10.0 Å². The van der Waals surface area contributed by atoms with Crippen molar-refractivity contribution >= 4 is 26.9 Å². The Hall–Kier alpha value is -1.67. The Morgan fingerprint density at radius 2 is 2.08 bits per heavy atom. The van der Waals surface area contributed by atoms with E-state index in [4.69, 9.17) is 0 Å². The molecule has 2 aromatic rings. The van der Waals surface area contributed by atoms with Crippen LogP contribution in [0.1, 0.15) is 32.6 Å². The third-order valence-corrected chi connectivity index (χ3v) is 7.09. The summed E-state index contributed by atoms with van der Waals surface area (Å²) in [5.41, 5.74) is 1.18. The lowest BCUT2D eigenvalue weighted by molar-refractivity contribution is -0.0120. The molecule has 2 aliphatic carbocycles. The lowest BCUT2D eigenvalue weighted by Gasteiger charge is -2.59. The Kier molecular flexibility index (Phi) is 3.58. The summed E-state index contributed by atoms with van der Waals surface area (Å²) in [6.07, 6.45) is 7.60. The number of nitrogens with zero attached hydrogens (tertiary/aromatic N) is 3. The molecule has 0 radical (unpaired) electrons. The lowest BCUT2D eigenvalue weighted by atomic mass is 9.52. The molecular formula is C16H23N5O2S. The molecular weight excluding hydrogens is 326 g/mol. The van der Waals surface area contributed by atoms with Crippen molar-refractivity contribution in [3.8, 4) is 0 Å². The van der Waals surface area contributed by atoms with E-state index in [1.807, 2.05) is 12.3 Å². The molecule has 2 N–H and O–H groups in total. The molecule has 8 heteroatoms. The van der Waals surface area contributed by atoms with E-state index >= 15 is 0 Å². The smallest absolute Gasteiger partial charge is 0.211 e. The predicted octanol–water partition coefficient (Wildman–Crippen LogP) is 1.64. The minimum Gasteiger partial charge on any atom is -0.356 e. The normalized spacial score (nSPS) is 29.4. The maximum absolute atomic E-state index is 11.6. The van der Waals surface area contributed by atoms with Gasteiger partial charge in [0.2, 0.25) is 10.0 Å². The highest BCUT2D eigenvalue weighted by Crippen LogP contribution is 2.57. The summed E-state index contributed by atoms with van der Waals surface area (Å²) in [6, 6.07) is 2.59. The minimum absolute atomic E-state index is 0.122. The Bertz CT molecular complexity index is 848. The molecule has 2 fully saturated rings. The van der Waals surface area contributed by atoms with Gasteiger partial charge in [0.1, 0.15) is 17.8 Å². The molecule has 24 heavy (non-hydrogen) atoms. The predicted molar refractivity (Wildman–Crippen MR) is 93.4 cm³/mol. The maximum atomic E-state index is 11.6. The molecule has 2 aromatic heterocycles. The molecule has 0 bridgehead atoms. The molecule has 0 amide bonds. The number of sulfonamides is 1. The molecule has 1 spiro atoms. The van der Waals surface area contributed by atoms with E-state index in [2.05, 4.69) is 31.6 Å². The van der Waals surface area contributed by atoms with Crippen molar-refractivity contribution in [1.82, 2.24) is 19.7 Å². The number of fused-ring (bicyclic) bond motifs is 1. The topological polar surface area (TPSA) is 91.0 Å². The van der Waals surface area contributed by atoms with E-state index in [1.165, 1.54) is 0 Å². The van der Waals surface area contributed by atoms with Crippen molar-refractivity contribution < 1.29 is 8.42 Å². The van der Waals surface area contributed by atoms with Gasteiger partial charge in [0.25, 0.3) is 0 Å². The lowest BCUT2D eigenvalue weighted by Crippen LogP contribution is -2.61. The van der Waals surface area contributed by atoms with Crippen LogP contribution in [0.25, 0.3) is 11.0 Å². The van der Waals surface area contributed by atoms with Crippen LogP contribution >= 0.6 is 0 Å². The Morgan fingerprint density at radius 3 is 2.79 bits per heavy atom. The fourth-order valence-electron chi connectivity index (χ4n) is 4.27. The summed E-state index contributed by atoms with van der Waals surface area (Å²) in [5, 5.41) is 1.04. The van der Waals surface area contributed by atoms with Crippen molar-refractivity contribution in [3.63, 3.8) is 0 Å². The highest BCUT2D eigenvalue weighted by atomic mass is 32.2. The van der Waals surface area contributed by atoms with Gasteiger partial charge in [-0.1, -0.05) is 0 Å². The van der Waals surface area contributed by atoms with Crippen LogP contribution in [-0.4, -0.2) is 48.3 Å². The highest BCUT2D eigenvalue weighted by Gasteiger charge is 2.54. The van der Waals surface area contributed by atoms with Crippen LogP contribution in [0.5, 0.6) is 0 Å². The molecule has 2 heterocycles. The molecule has 2 saturated carbocycles. The van der Waals surface area contributed by atoms with Crippen molar-refractivity contribution in [2.45, 2.75) is 44.7 Å². The van der Waals surface area contributed by atoms with Gasteiger partial charge < -0.3 is 9.88 Å². The minimum atomic E-state index is -3.09. The van der Waals surface area contributed by atoms with E-state index < -0.39 is 10.0 Å². The van der Waals surface area contributed by atoms with Crippen molar-refractivity contribution in [1.29, 1.82) is 0 Å². The fourth-order valence-corrected chi connectivity index (χ4v) is 5.11. The van der Waals surface area contributed by atoms with E-state index in [0.717, 1.165) is 42.5 Å². The van der Waals surface area contributed by atoms with Crippen LogP contribution in [0.3, 0.4) is 0 Å². The zero-order valence-electron chi connectivity index (χ0n) is 14.0. The molecule has 0 unspecified atom stereocenters. The van der Waals surface area contributed by atoms with Crippen molar-refractivity contribution in [2.24, 2.45) is 5.41 Å². The summed E-state index contributed by atoms with van der Waals surface area (Å²) >= 11 is 0. The molecule has 0 aliphatic heterocycles. The van der Waals surface area contributed by atoms with Gasteiger partial charge in [-0.05, 0) is 44.1 Å². The fraction of sp³-hybridized carbons (Fsp3) is 0.625. The number of aromatic nitrogens is 3. The molecule has 4 rings (SSSR count). The standard InChI is InChI=1S/C16H23N5O2S/c1-3-24(22,23)20-11-6-16(7-11)8-12(9-16)21(2)15-13-4-5-17-14(13)18-10-19-15/h4-5,10-12,20H,3,6-9H2,1-2H3,(H,17,18,19). The summed E-state index contributed by atoms with van der Waals surface area (Å²) in [5.74, 6) is 1.12. The summed E-state index contributed by atoms with van der Waals surface area (Å²) in [6.45, 7) is 1.68. The average Bonchev–Trinajstić information content (AvgIpc) is 2.96. The molecule has 2 aliphatic rings. The van der Waals surface area contributed by atoms with Crippen molar-refractivity contribution in [3.05, 3.63) is 18.6 Å². The molecule has 0 saturated heterocycles. The first kappa shape index (κ1) is 15.8. The Balaban J connectivity index is 1.38. The maximum Gasteiger partial charge on any atom is 0.211 e. The second-order valence-corrected chi connectivity index (χ2v) is 9.28. The van der Waals surface area contributed by atoms with Gasteiger partial charge in [-0.25, -0.2) is 23.1 Å². The van der Waals surface area contributed by atoms with Crippen molar-refractivity contribution in [2.75, 3.05) is 17.7 Å². The van der Waals surface area contributed by atoms with Crippen LogP contribution in [0, 0.1) is 5.41 Å². The van der Waals surface area contributed by atoms with Crippen LogP contribution in [0.2, 0.25) is 0 Å². The zero-order valence-corrected chi connectivity index (χ0v) is 14.8. The molecule has 0 atom stereocenters. The zero-order chi connectivity index (χ0) is 16.9. The third kappa shape index (κ3) is 2.57. The second kappa shape index (κ2) is 5.42. The van der Waals surface area contributed by atoms with Crippen LogP contribution in [0.15, 0.2) is 18.6 Å². The Morgan fingerprint density at radius 1 is 1.33 bits per heavy atom. The first-order valence-corrected chi connectivity index (χ1v) is 10.1. The number of hydrogen-bond donors (Lipinski definition) is 2. The van der Waals surface area contributed by atoms with Crippen LogP contribution in [0.4, 0.5) is 5.82 Å². The van der Waals surface area contributed by atoms with E-state index in [-0.39, 0.29) is 11.8 Å². The van der Waals surface area contributed by atoms with E-state index in [0.29, 0.717) is 11.5 Å². The number of hydrogen-bond acceptors (Lipinski definition) is 5. The quantitative estimate of drug-likeness (QED) is 0.856. The number of anilines is 1. The molecule has 130 valence electrons. The van der Waals surface area contributed by atoms with E-state index in [1.54, 1.807) is 13.3 Å². The van der Waals surface area contributed by atoms with Gasteiger partial charge in [-0.2, -0.15) is 0 Å². The highest BCUT2D eigenvalue weighted by molar-refractivity contribution is 7.89. The number of nitrogens with one attached hydrogen (secondary N) is 2. The Labute approximate surface area is 141 Å². The van der Waals surface area contributed by atoms with E-state index in [9.17, 15) is 8.42 Å². The van der Waals surface area contributed by atoms with Gasteiger partial charge in [0.15, 0.2) is 0 Å². The van der Waals surface area contributed by atoms with Gasteiger partial charge in [-0.15, -0.1) is 0 Å². The number of rotatable bonds is 5.